The summed E-state index contributed by atoms with van der Waals surface area (Å²) in [6.07, 6.45) is 4.10. The summed E-state index contributed by atoms with van der Waals surface area (Å²) < 4.78 is 0. The van der Waals surface area contributed by atoms with E-state index in [0.717, 1.165) is 37.1 Å². The molecule has 22 heavy (non-hydrogen) atoms. The van der Waals surface area contributed by atoms with Crippen LogP contribution in [0.25, 0.3) is 0 Å². The highest BCUT2D eigenvalue weighted by Crippen LogP contribution is 2.31. The van der Waals surface area contributed by atoms with Gasteiger partial charge in [-0.15, -0.1) is 0 Å². The van der Waals surface area contributed by atoms with Crippen LogP contribution in [-0.2, 0) is 0 Å². The Morgan fingerprint density at radius 3 is 2.00 bits per heavy atom. The molecule has 0 spiro atoms. The molecule has 3 heteroatoms. The summed E-state index contributed by atoms with van der Waals surface area (Å²) in [5.74, 6) is 0. The SMILES string of the molecule is C[C@]1(O)CCCC[C@@H]1NN(c1ccccc1)c1ccccc1. The fourth-order valence-corrected chi connectivity index (χ4v) is 3.13. The maximum Gasteiger partial charge on any atom is 0.0790 e. The van der Waals surface area contributed by atoms with Crippen molar-refractivity contribution in [2.75, 3.05) is 5.01 Å². The highest BCUT2D eigenvalue weighted by molar-refractivity contribution is 5.61. The van der Waals surface area contributed by atoms with Crippen molar-refractivity contribution in [2.45, 2.75) is 44.2 Å². The zero-order valence-electron chi connectivity index (χ0n) is 13.1. The maximum atomic E-state index is 10.7. The zero-order valence-corrected chi connectivity index (χ0v) is 13.1. The summed E-state index contributed by atoms with van der Waals surface area (Å²) in [7, 11) is 0. The molecular weight excluding hydrogens is 272 g/mol. The van der Waals surface area contributed by atoms with Crippen molar-refractivity contribution in [1.29, 1.82) is 0 Å². The van der Waals surface area contributed by atoms with Crippen LogP contribution in [0, 0.1) is 0 Å². The third-order valence-corrected chi connectivity index (χ3v) is 4.49. The molecule has 3 rings (SSSR count). The standard InChI is InChI=1S/C19H24N2O/c1-19(22)15-9-8-14-18(19)20-21(16-10-4-2-5-11-16)17-12-6-3-7-13-17/h2-7,10-13,18,20,22H,8-9,14-15H2,1H3/t18-,19-/m0/s1. The average molecular weight is 296 g/mol. The van der Waals surface area contributed by atoms with E-state index in [9.17, 15) is 5.11 Å². The predicted octanol–water partition coefficient (Wildman–Crippen LogP) is 4.02. The molecule has 0 heterocycles. The van der Waals surface area contributed by atoms with Crippen molar-refractivity contribution in [1.82, 2.24) is 5.43 Å². The summed E-state index contributed by atoms with van der Waals surface area (Å²) in [6, 6.07) is 20.6. The van der Waals surface area contributed by atoms with Gasteiger partial charge in [0.15, 0.2) is 0 Å². The van der Waals surface area contributed by atoms with E-state index in [1.807, 2.05) is 43.3 Å². The predicted molar refractivity (Wildman–Crippen MR) is 91.0 cm³/mol. The molecule has 2 aromatic carbocycles. The minimum Gasteiger partial charge on any atom is -0.388 e. The molecule has 1 aliphatic rings. The van der Waals surface area contributed by atoms with Gasteiger partial charge in [0.05, 0.1) is 23.0 Å². The van der Waals surface area contributed by atoms with Crippen LogP contribution in [0.1, 0.15) is 32.6 Å². The highest BCUT2D eigenvalue weighted by Gasteiger charge is 2.35. The number of hydrogen-bond donors (Lipinski definition) is 2. The van der Waals surface area contributed by atoms with Crippen molar-refractivity contribution in [3.05, 3.63) is 60.7 Å². The van der Waals surface area contributed by atoms with Gasteiger partial charge in [0.2, 0.25) is 0 Å². The number of aliphatic hydroxyl groups is 1. The van der Waals surface area contributed by atoms with Gasteiger partial charge in [-0.25, -0.2) is 5.43 Å². The van der Waals surface area contributed by atoms with E-state index in [1.165, 1.54) is 0 Å². The van der Waals surface area contributed by atoms with E-state index in [1.54, 1.807) is 0 Å². The van der Waals surface area contributed by atoms with Gasteiger partial charge in [-0.1, -0.05) is 49.2 Å². The normalized spacial score (nSPS) is 24.9. The van der Waals surface area contributed by atoms with Crippen molar-refractivity contribution in [2.24, 2.45) is 0 Å². The Kier molecular flexibility index (Phi) is 4.46. The molecule has 1 aliphatic carbocycles. The number of hydrogen-bond acceptors (Lipinski definition) is 3. The molecule has 1 fully saturated rings. The van der Waals surface area contributed by atoms with E-state index in [0.29, 0.717) is 0 Å². The molecule has 0 saturated heterocycles. The largest absolute Gasteiger partial charge is 0.388 e. The fourth-order valence-electron chi connectivity index (χ4n) is 3.13. The molecule has 1 saturated carbocycles. The molecule has 0 aromatic heterocycles. The van der Waals surface area contributed by atoms with Crippen molar-refractivity contribution < 1.29 is 5.11 Å². The first-order valence-electron chi connectivity index (χ1n) is 8.05. The smallest absolute Gasteiger partial charge is 0.0790 e. The molecule has 0 amide bonds. The minimum absolute atomic E-state index is 0.0571. The molecule has 3 nitrogen and oxygen atoms in total. The van der Waals surface area contributed by atoms with E-state index in [2.05, 4.69) is 34.7 Å². The van der Waals surface area contributed by atoms with Gasteiger partial charge >= 0.3 is 0 Å². The summed E-state index contributed by atoms with van der Waals surface area (Å²) >= 11 is 0. The Morgan fingerprint density at radius 2 is 1.50 bits per heavy atom. The molecule has 2 N–H and O–H groups in total. The van der Waals surface area contributed by atoms with Crippen LogP contribution in [0.5, 0.6) is 0 Å². The van der Waals surface area contributed by atoms with E-state index >= 15 is 0 Å². The van der Waals surface area contributed by atoms with Crippen LogP contribution >= 0.6 is 0 Å². The van der Waals surface area contributed by atoms with Crippen LogP contribution < -0.4 is 10.4 Å². The van der Waals surface area contributed by atoms with Crippen molar-refractivity contribution in [3.63, 3.8) is 0 Å². The molecule has 0 aliphatic heterocycles. The first-order valence-corrected chi connectivity index (χ1v) is 8.05. The Morgan fingerprint density at radius 1 is 0.955 bits per heavy atom. The van der Waals surface area contributed by atoms with Gasteiger partial charge in [-0.3, -0.25) is 5.01 Å². The number of para-hydroxylation sites is 2. The number of nitrogens with zero attached hydrogens (tertiary/aromatic N) is 1. The summed E-state index contributed by atoms with van der Waals surface area (Å²) in [5.41, 5.74) is 5.05. The number of anilines is 2. The Bertz CT molecular complexity index is 543. The molecular formula is C19H24N2O. The summed E-state index contributed by atoms with van der Waals surface area (Å²) in [5, 5.41) is 12.8. The second-order valence-corrected chi connectivity index (χ2v) is 6.29. The van der Waals surface area contributed by atoms with Gasteiger partial charge in [-0.05, 0) is 44.0 Å². The number of benzene rings is 2. The number of nitrogens with one attached hydrogen (secondary N) is 1. The molecule has 2 aromatic rings. The average Bonchev–Trinajstić information content (AvgIpc) is 2.55. The molecule has 116 valence electrons. The van der Waals surface area contributed by atoms with Crippen molar-refractivity contribution in [3.8, 4) is 0 Å². The quantitative estimate of drug-likeness (QED) is 0.836. The minimum atomic E-state index is -0.667. The highest BCUT2D eigenvalue weighted by atomic mass is 16.3. The topological polar surface area (TPSA) is 35.5 Å². The third-order valence-electron chi connectivity index (χ3n) is 4.49. The van der Waals surface area contributed by atoms with Crippen LogP contribution in [0.15, 0.2) is 60.7 Å². The van der Waals surface area contributed by atoms with Gasteiger partial charge in [0.1, 0.15) is 0 Å². The lowest BCUT2D eigenvalue weighted by molar-refractivity contribution is -0.00979. The van der Waals surface area contributed by atoms with Gasteiger partial charge in [-0.2, -0.15) is 0 Å². The molecule has 0 unspecified atom stereocenters. The van der Waals surface area contributed by atoms with Crippen LogP contribution in [-0.4, -0.2) is 16.7 Å². The monoisotopic (exact) mass is 296 g/mol. The van der Waals surface area contributed by atoms with E-state index in [-0.39, 0.29) is 6.04 Å². The van der Waals surface area contributed by atoms with Crippen LogP contribution in [0.4, 0.5) is 11.4 Å². The van der Waals surface area contributed by atoms with E-state index in [4.69, 9.17) is 0 Å². The van der Waals surface area contributed by atoms with Gasteiger partial charge in [0, 0.05) is 0 Å². The maximum absolute atomic E-state index is 10.7. The van der Waals surface area contributed by atoms with Gasteiger partial charge < -0.3 is 5.11 Å². The summed E-state index contributed by atoms with van der Waals surface area (Å²) in [6.45, 7) is 1.94. The van der Waals surface area contributed by atoms with Crippen molar-refractivity contribution >= 4 is 11.4 Å². The molecule has 0 radical (unpaired) electrons. The molecule has 0 bridgehead atoms. The molecule has 2 atom stereocenters. The number of rotatable bonds is 4. The number of hydrazine groups is 1. The Hall–Kier alpha value is -1.84. The Balaban J connectivity index is 1.89. The first kappa shape index (κ1) is 15.1. The van der Waals surface area contributed by atoms with Crippen LogP contribution in [0.3, 0.4) is 0 Å². The second kappa shape index (κ2) is 6.51. The Labute approximate surface area is 132 Å². The zero-order chi connectivity index (χ0) is 15.4. The lowest BCUT2D eigenvalue weighted by atomic mass is 9.82. The van der Waals surface area contributed by atoms with Gasteiger partial charge in [0.25, 0.3) is 0 Å². The first-order chi connectivity index (χ1) is 10.7. The fraction of sp³-hybridized carbons (Fsp3) is 0.368. The van der Waals surface area contributed by atoms with Crippen LogP contribution in [0.2, 0.25) is 0 Å². The van der Waals surface area contributed by atoms with E-state index < -0.39 is 5.60 Å². The second-order valence-electron chi connectivity index (χ2n) is 6.29. The lowest BCUT2D eigenvalue weighted by Gasteiger charge is -2.41. The summed E-state index contributed by atoms with van der Waals surface area (Å²) in [4.78, 5) is 0. The lowest BCUT2D eigenvalue weighted by Crippen LogP contribution is -2.55. The third kappa shape index (κ3) is 3.32.